The summed E-state index contributed by atoms with van der Waals surface area (Å²) in [6.07, 6.45) is 1.60. The van der Waals surface area contributed by atoms with Gasteiger partial charge in [-0.3, -0.25) is 9.48 Å². The molecule has 0 fully saturated rings. The minimum atomic E-state index is -0.219. The second kappa shape index (κ2) is 7.96. The zero-order chi connectivity index (χ0) is 15.4. The number of nitrogens with one attached hydrogen (secondary N) is 1. The van der Waals surface area contributed by atoms with Gasteiger partial charge in [0.25, 0.3) is 5.91 Å². The molecule has 1 aromatic carbocycles. The van der Waals surface area contributed by atoms with Gasteiger partial charge in [-0.05, 0) is 23.1 Å². The van der Waals surface area contributed by atoms with Gasteiger partial charge < -0.3 is 11.1 Å². The molecule has 1 atom stereocenters. The lowest BCUT2D eigenvalue weighted by atomic mass is 9.99. The largest absolute Gasteiger partial charge is 0.349 e. The summed E-state index contributed by atoms with van der Waals surface area (Å²) >= 11 is 0. The van der Waals surface area contributed by atoms with Gasteiger partial charge in [0.15, 0.2) is 0 Å². The molecular formula is C16H23ClN4O. The number of nitrogens with two attached hydrogens (primary N) is 1. The molecule has 1 heterocycles. The number of aromatic nitrogens is 2. The highest BCUT2D eigenvalue weighted by atomic mass is 35.5. The summed E-state index contributed by atoms with van der Waals surface area (Å²) < 4.78 is 1.54. The Labute approximate surface area is 137 Å². The van der Waals surface area contributed by atoms with E-state index in [0.717, 1.165) is 5.56 Å². The van der Waals surface area contributed by atoms with Crippen LogP contribution in [0.3, 0.4) is 0 Å². The normalized spacial score (nSPS) is 11.9. The highest BCUT2D eigenvalue weighted by Crippen LogP contribution is 2.17. The minimum absolute atomic E-state index is 0. The fourth-order valence-electron chi connectivity index (χ4n) is 2.14. The third-order valence-corrected chi connectivity index (χ3v) is 3.57. The highest BCUT2D eigenvalue weighted by Gasteiger charge is 2.12. The molecule has 0 saturated heterocycles. The molecule has 2 rings (SSSR count). The average Bonchev–Trinajstić information content (AvgIpc) is 2.90. The number of rotatable bonds is 5. The van der Waals surface area contributed by atoms with Crippen molar-refractivity contribution in [2.24, 2.45) is 12.8 Å². The van der Waals surface area contributed by atoms with Gasteiger partial charge in [0.05, 0.1) is 0 Å². The van der Waals surface area contributed by atoms with Crippen LogP contribution in [0.2, 0.25) is 0 Å². The van der Waals surface area contributed by atoms with E-state index >= 15 is 0 Å². The van der Waals surface area contributed by atoms with Crippen molar-refractivity contribution in [2.45, 2.75) is 25.8 Å². The standard InChI is InChI=1S/C16H22N4O.ClH/c1-11(2)12-4-6-13(7-5-12)14(17)10-18-16(21)15-8-9-19-20(15)3;/h4-9,11,14H,10,17H2,1-3H3,(H,18,21);1H. The van der Waals surface area contributed by atoms with E-state index in [1.54, 1.807) is 19.3 Å². The molecule has 1 amide bonds. The molecule has 0 spiro atoms. The first-order valence-corrected chi connectivity index (χ1v) is 7.10. The molecule has 3 N–H and O–H groups in total. The number of halogens is 1. The zero-order valence-electron chi connectivity index (χ0n) is 13.1. The summed E-state index contributed by atoms with van der Waals surface area (Å²) in [6, 6.07) is 9.68. The van der Waals surface area contributed by atoms with Crippen molar-refractivity contribution >= 4 is 18.3 Å². The second-order valence-electron chi connectivity index (χ2n) is 5.48. The second-order valence-corrected chi connectivity index (χ2v) is 5.48. The van der Waals surface area contributed by atoms with Crippen LogP contribution in [0.15, 0.2) is 36.5 Å². The van der Waals surface area contributed by atoms with Crippen LogP contribution >= 0.6 is 12.4 Å². The molecule has 22 heavy (non-hydrogen) atoms. The van der Waals surface area contributed by atoms with Gasteiger partial charge in [-0.15, -0.1) is 12.4 Å². The summed E-state index contributed by atoms with van der Waals surface area (Å²) in [6.45, 7) is 4.71. The number of aryl methyl sites for hydroxylation is 1. The maximum atomic E-state index is 12.0. The van der Waals surface area contributed by atoms with Crippen molar-refractivity contribution in [3.8, 4) is 0 Å². The smallest absolute Gasteiger partial charge is 0.269 e. The topological polar surface area (TPSA) is 72.9 Å². The Balaban J connectivity index is 0.00000242. The van der Waals surface area contributed by atoms with Crippen molar-refractivity contribution in [1.29, 1.82) is 0 Å². The van der Waals surface area contributed by atoms with Crippen molar-refractivity contribution in [1.82, 2.24) is 15.1 Å². The number of carbonyl (C=O) groups is 1. The van der Waals surface area contributed by atoms with Crippen LogP contribution in [0.1, 0.15) is 47.4 Å². The van der Waals surface area contributed by atoms with E-state index in [1.165, 1.54) is 10.2 Å². The lowest BCUT2D eigenvalue weighted by Gasteiger charge is -2.14. The number of hydrogen-bond donors (Lipinski definition) is 2. The summed E-state index contributed by atoms with van der Waals surface area (Å²) in [5.74, 6) is 0.337. The molecule has 5 nitrogen and oxygen atoms in total. The van der Waals surface area contributed by atoms with Gasteiger partial charge in [0.1, 0.15) is 5.69 Å². The molecule has 0 bridgehead atoms. The highest BCUT2D eigenvalue weighted by molar-refractivity contribution is 5.92. The van der Waals surface area contributed by atoms with Gasteiger partial charge in [0, 0.05) is 25.8 Å². The predicted molar refractivity (Wildman–Crippen MR) is 90.2 cm³/mol. The van der Waals surface area contributed by atoms with Gasteiger partial charge in [-0.1, -0.05) is 38.1 Å². The first kappa shape index (κ1) is 18.2. The summed E-state index contributed by atoms with van der Waals surface area (Å²) in [5.41, 5.74) is 8.95. The van der Waals surface area contributed by atoms with E-state index < -0.39 is 0 Å². The Kier molecular flexibility index (Phi) is 6.59. The maximum absolute atomic E-state index is 12.0. The molecule has 0 radical (unpaired) electrons. The van der Waals surface area contributed by atoms with Crippen LogP contribution in [0.4, 0.5) is 0 Å². The molecule has 0 aliphatic heterocycles. The Morgan fingerprint density at radius 2 is 1.82 bits per heavy atom. The number of amides is 1. The molecule has 0 aliphatic rings. The SMILES string of the molecule is CC(C)c1ccc(C(N)CNC(=O)c2ccnn2C)cc1.Cl. The lowest BCUT2D eigenvalue weighted by Crippen LogP contribution is -2.33. The zero-order valence-corrected chi connectivity index (χ0v) is 13.9. The predicted octanol–water partition coefficient (Wildman–Crippen LogP) is 2.40. The van der Waals surface area contributed by atoms with Crippen LogP contribution in [0.5, 0.6) is 0 Å². The van der Waals surface area contributed by atoms with Crippen LogP contribution in [0, 0.1) is 0 Å². The van der Waals surface area contributed by atoms with Crippen LogP contribution in [-0.2, 0) is 7.05 Å². The molecule has 0 aliphatic carbocycles. The van der Waals surface area contributed by atoms with Crippen molar-refractivity contribution < 1.29 is 4.79 Å². The van der Waals surface area contributed by atoms with Crippen molar-refractivity contribution in [2.75, 3.05) is 6.54 Å². The van der Waals surface area contributed by atoms with Crippen LogP contribution in [-0.4, -0.2) is 22.2 Å². The number of nitrogens with zero attached hydrogens (tertiary/aromatic N) is 2. The van der Waals surface area contributed by atoms with E-state index in [2.05, 4.69) is 36.4 Å². The van der Waals surface area contributed by atoms with Crippen molar-refractivity contribution in [3.63, 3.8) is 0 Å². The third kappa shape index (κ3) is 4.32. The van der Waals surface area contributed by atoms with E-state index in [9.17, 15) is 4.79 Å². The molecule has 0 saturated carbocycles. The molecule has 2 aromatic rings. The van der Waals surface area contributed by atoms with Crippen LogP contribution in [0.25, 0.3) is 0 Å². The fraction of sp³-hybridized carbons (Fsp3) is 0.375. The Morgan fingerprint density at radius 1 is 1.23 bits per heavy atom. The maximum Gasteiger partial charge on any atom is 0.269 e. The van der Waals surface area contributed by atoms with E-state index in [0.29, 0.717) is 18.2 Å². The Bertz CT molecular complexity index is 607. The number of benzene rings is 1. The van der Waals surface area contributed by atoms with E-state index in [-0.39, 0.29) is 24.4 Å². The lowest BCUT2D eigenvalue weighted by molar-refractivity contribution is 0.0942. The third-order valence-electron chi connectivity index (χ3n) is 3.57. The molecule has 120 valence electrons. The van der Waals surface area contributed by atoms with Gasteiger partial charge in [-0.25, -0.2) is 0 Å². The van der Waals surface area contributed by atoms with Crippen molar-refractivity contribution in [3.05, 3.63) is 53.3 Å². The van der Waals surface area contributed by atoms with Crippen LogP contribution < -0.4 is 11.1 Å². The number of carbonyl (C=O) groups excluding carboxylic acids is 1. The Morgan fingerprint density at radius 3 is 2.32 bits per heavy atom. The molecule has 1 unspecified atom stereocenters. The average molecular weight is 323 g/mol. The summed E-state index contributed by atoms with van der Waals surface area (Å²) in [5, 5.41) is 6.81. The minimum Gasteiger partial charge on any atom is -0.349 e. The first-order chi connectivity index (χ1) is 9.99. The number of hydrogen-bond acceptors (Lipinski definition) is 3. The molecule has 1 aromatic heterocycles. The van der Waals surface area contributed by atoms with Gasteiger partial charge >= 0.3 is 0 Å². The fourth-order valence-corrected chi connectivity index (χ4v) is 2.14. The monoisotopic (exact) mass is 322 g/mol. The molecule has 6 heteroatoms. The Hall–Kier alpha value is -1.85. The first-order valence-electron chi connectivity index (χ1n) is 7.10. The van der Waals surface area contributed by atoms with E-state index in [4.69, 9.17) is 5.73 Å². The quantitative estimate of drug-likeness (QED) is 0.887. The molecular weight excluding hydrogens is 300 g/mol. The van der Waals surface area contributed by atoms with Gasteiger partial charge in [0.2, 0.25) is 0 Å². The van der Waals surface area contributed by atoms with Gasteiger partial charge in [-0.2, -0.15) is 5.10 Å². The summed E-state index contributed by atoms with van der Waals surface area (Å²) in [4.78, 5) is 12.0. The summed E-state index contributed by atoms with van der Waals surface area (Å²) in [7, 11) is 1.74. The van der Waals surface area contributed by atoms with E-state index in [1.807, 2.05) is 12.1 Å².